The molecule has 0 amide bonds. The van der Waals surface area contributed by atoms with Crippen molar-refractivity contribution < 1.29 is 18.1 Å². The predicted molar refractivity (Wildman–Crippen MR) is 98.8 cm³/mol. The molecule has 1 unspecified atom stereocenters. The average molecular weight is 399 g/mol. The first kappa shape index (κ1) is 20.3. The number of aryl methyl sites for hydroxylation is 1. The summed E-state index contributed by atoms with van der Waals surface area (Å²) < 4.78 is 33.3. The van der Waals surface area contributed by atoms with Crippen LogP contribution in [-0.4, -0.2) is 27.0 Å². The lowest BCUT2D eigenvalue weighted by atomic mass is 9.96. The lowest BCUT2D eigenvalue weighted by Gasteiger charge is -2.29. The van der Waals surface area contributed by atoms with Gasteiger partial charge >= 0.3 is 0 Å². The van der Waals surface area contributed by atoms with Crippen molar-refractivity contribution in [2.75, 3.05) is 13.7 Å². The highest BCUT2D eigenvalue weighted by Gasteiger charge is 2.30. The Kier molecular flexibility index (Phi) is 6.02. The van der Waals surface area contributed by atoms with Crippen LogP contribution < -0.4 is 4.72 Å². The average Bonchev–Trinajstić information content (AvgIpc) is 2.59. The van der Waals surface area contributed by atoms with Gasteiger partial charge in [-0.3, -0.25) is 10.1 Å². The lowest BCUT2D eigenvalue weighted by Crippen LogP contribution is -2.40. The van der Waals surface area contributed by atoms with Crippen molar-refractivity contribution in [2.45, 2.75) is 24.3 Å². The normalized spacial score (nSPS) is 14.0. The number of hydrogen-bond acceptors (Lipinski definition) is 5. The maximum absolute atomic E-state index is 12.7. The van der Waals surface area contributed by atoms with E-state index < -0.39 is 20.5 Å². The maximum atomic E-state index is 12.7. The van der Waals surface area contributed by atoms with Gasteiger partial charge in [-0.25, -0.2) is 13.1 Å². The molecule has 0 aliphatic rings. The molecule has 0 fully saturated rings. The molecule has 0 saturated heterocycles. The van der Waals surface area contributed by atoms with E-state index in [0.29, 0.717) is 16.1 Å². The minimum Gasteiger partial charge on any atom is -0.372 e. The van der Waals surface area contributed by atoms with Gasteiger partial charge < -0.3 is 4.74 Å². The van der Waals surface area contributed by atoms with E-state index in [2.05, 4.69) is 4.72 Å². The van der Waals surface area contributed by atoms with E-state index in [0.717, 1.165) is 6.07 Å². The van der Waals surface area contributed by atoms with E-state index in [-0.39, 0.29) is 17.1 Å². The van der Waals surface area contributed by atoms with E-state index in [4.69, 9.17) is 16.3 Å². The third-order valence-electron chi connectivity index (χ3n) is 4.16. The largest absolute Gasteiger partial charge is 0.372 e. The molecule has 1 N–H and O–H groups in total. The van der Waals surface area contributed by atoms with Crippen LogP contribution in [0.25, 0.3) is 0 Å². The highest BCUT2D eigenvalue weighted by molar-refractivity contribution is 7.89. The molecule has 0 saturated carbocycles. The van der Waals surface area contributed by atoms with Gasteiger partial charge in [0, 0.05) is 30.8 Å². The van der Waals surface area contributed by atoms with Gasteiger partial charge in [0.2, 0.25) is 10.0 Å². The molecule has 0 spiro atoms. The van der Waals surface area contributed by atoms with Crippen molar-refractivity contribution in [1.29, 1.82) is 0 Å². The van der Waals surface area contributed by atoms with Gasteiger partial charge in [-0.1, -0.05) is 29.8 Å². The van der Waals surface area contributed by atoms with Crippen molar-refractivity contribution >= 4 is 27.3 Å². The smallest absolute Gasteiger partial charge is 0.270 e. The van der Waals surface area contributed by atoms with E-state index in [1.807, 2.05) is 0 Å². The molecule has 2 aromatic rings. The zero-order valence-corrected chi connectivity index (χ0v) is 16.1. The topological polar surface area (TPSA) is 98.5 Å². The summed E-state index contributed by atoms with van der Waals surface area (Å²) in [5.74, 6) is 0. The van der Waals surface area contributed by atoms with Gasteiger partial charge in [0.05, 0.1) is 9.82 Å². The summed E-state index contributed by atoms with van der Waals surface area (Å²) in [5, 5.41) is 11.4. The second-order valence-electron chi connectivity index (χ2n) is 5.98. The minimum atomic E-state index is -3.98. The first-order chi connectivity index (χ1) is 12.1. The van der Waals surface area contributed by atoms with Gasteiger partial charge in [-0.05, 0) is 37.1 Å². The Hall–Kier alpha value is -2.00. The van der Waals surface area contributed by atoms with Crippen molar-refractivity contribution in [1.82, 2.24) is 4.72 Å². The fourth-order valence-electron chi connectivity index (χ4n) is 2.41. The first-order valence-electron chi connectivity index (χ1n) is 7.65. The molecular formula is C17H19ClN2O5S. The Morgan fingerprint density at radius 1 is 1.27 bits per heavy atom. The van der Waals surface area contributed by atoms with Crippen LogP contribution in [0, 0.1) is 17.0 Å². The van der Waals surface area contributed by atoms with Crippen LogP contribution in [0.3, 0.4) is 0 Å². The number of hydrogen-bond donors (Lipinski definition) is 1. The van der Waals surface area contributed by atoms with Gasteiger partial charge in [0.15, 0.2) is 0 Å². The molecule has 7 nitrogen and oxygen atoms in total. The number of benzene rings is 2. The molecule has 0 bridgehead atoms. The maximum Gasteiger partial charge on any atom is 0.270 e. The number of non-ortho nitro benzene ring substituents is 1. The van der Waals surface area contributed by atoms with Crippen molar-refractivity contribution in [3.8, 4) is 0 Å². The molecule has 26 heavy (non-hydrogen) atoms. The summed E-state index contributed by atoms with van der Waals surface area (Å²) in [6.45, 7) is 3.22. The standard InChI is InChI=1S/C17H19ClN2O5S/c1-12-7-8-15(20(21)22)10-16(12)26(23,24)19-11-17(2,25-3)13-5-4-6-14(18)9-13/h4-10,19H,11H2,1-3H3. The van der Waals surface area contributed by atoms with E-state index in [1.54, 1.807) is 38.1 Å². The third kappa shape index (κ3) is 4.39. The number of ether oxygens (including phenoxy) is 1. The molecule has 9 heteroatoms. The van der Waals surface area contributed by atoms with E-state index >= 15 is 0 Å². The zero-order valence-electron chi connectivity index (χ0n) is 14.5. The predicted octanol–water partition coefficient (Wildman–Crippen LogP) is 3.40. The van der Waals surface area contributed by atoms with Crippen molar-refractivity contribution in [3.05, 3.63) is 68.7 Å². The van der Waals surface area contributed by atoms with Gasteiger partial charge in [-0.2, -0.15) is 0 Å². The highest BCUT2D eigenvalue weighted by atomic mass is 35.5. The lowest BCUT2D eigenvalue weighted by molar-refractivity contribution is -0.385. The Morgan fingerprint density at radius 3 is 2.54 bits per heavy atom. The van der Waals surface area contributed by atoms with Crippen LogP contribution >= 0.6 is 11.6 Å². The molecule has 2 aromatic carbocycles. The quantitative estimate of drug-likeness (QED) is 0.569. The van der Waals surface area contributed by atoms with Crippen LogP contribution in [0.15, 0.2) is 47.4 Å². The van der Waals surface area contributed by atoms with Crippen molar-refractivity contribution in [2.24, 2.45) is 0 Å². The van der Waals surface area contributed by atoms with Crippen LogP contribution in [0.5, 0.6) is 0 Å². The molecule has 0 aliphatic carbocycles. The number of nitro benzene ring substituents is 1. The van der Waals surface area contributed by atoms with Crippen LogP contribution in [-0.2, 0) is 20.4 Å². The Morgan fingerprint density at radius 2 is 1.96 bits per heavy atom. The summed E-state index contributed by atoms with van der Waals surface area (Å²) >= 11 is 6.00. The summed E-state index contributed by atoms with van der Waals surface area (Å²) in [4.78, 5) is 10.2. The molecular weight excluding hydrogens is 380 g/mol. The highest BCUT2D eigenvalue weighted by Crippen LogP contribution is 2.27. The molecule has 0 radical (unpaired) electrons. The SMILES string of the molecule is COC(C)(CNS(=O)(=O)c1cc([N+](=O)[O-])ccc1C)c1cccc(Cl)c1. The third-order valence-corrected chi connectivity index (χ3v) is 5.94. The Labute approximate surface area is 157 Å². The summed E-state index contributed by atoms with van der Waals surface area (Å²) in [6, 6.07) is 10.6. The number of nitrogens with zero attached hydrogens (tertiary/aromatic N) is 1. The van der Waals surface area contributed by atoms with Crippen LogP contribution in [0.2, 0.25) is 5.02 Å². The van der Waals surface area contributed by atoms with Crippen molar-refractivity contribution in [3.63, 3.8) is 0 Å². The summed E-state index contributed by atoms with van der Waals surface area (Å²) in [5.41, 5.74) is -0.150. The fourth-order valence-corrected chi connectivity index (χ4v) is 3.99. The number of rotatable bonds is 7. The molecule has 0 heterocycles. The first-order valence-corrected chi connectivity index (χ1v) is 9.51. The van der Waals surface area contributed by atoms with Crippen LogP contribution in [0.1, 0.15) is 18.1 Å². The monoisotopic (exact) mass is 398 g/mol. The second kappa shape index (κ2) is 7.71. The number of halogens is 1. The van der Waals surface area contributed by atoms with Gasteiger partial charge in [0.1, 0.15) is 5.60 Å². The molecule has 0 aromatic heterocycles. The molecule has 1 atom stereocenters. The van der Waals surface area contributed by atoms with Gasteiger partial charge in [-0.15, -0.1) is 0 Å². The summed E-state index contributed by atoms with van der Waals surface area (Å²) in [6.07, 6.45) is 0. The van der Waals surface area contributed by atoms with Gasteiger partial charge in [0.25, 0.3) is 5.69 Å². The molecule has 0 aliphatic heterocycles. The molecule has 140 valence electrons. The Balaban J connectivity index is 2.32. The minimum absolute atomic E-state index is 0.0751. The number of methoxy groups -OCH3 is 1. The number of sulfonamides is 1. The number of nitro groups is 1. The van der Waals surface area contributed by atoms with E-state index in [1.165, 1.54) is 19.2 Å². The summed E-state index contributed by atoms with van der Waals surface area (Å²) in [7, 11) is -2.51. The second-order valence-corrected chi connectivity index (χ2v) is 8.15. The number of nitrogens with one attached hydrogen (secondary N) is 1. The Bertz CT molecular complexity index is 933. The van der Waals surface area contributed by atoms with Crippen LogP contribution in [0.4, 0.5) is 5.69 Å². The zero-order chi connectivity index (χ0) is 19.5. The molecule has 2 rings (SSSR count). The fraction of sp³-hybridized carbons (Fsp3) is 0.294. The van der Waals surface area contributed by atoms with E-state index in [9.17, 15) is 18.5 Å².